The minimum Gasteiger partial charge on any atom is -0.480 e. The molecule has 1 rings (SSSR count). The average molecular weight is 295 g/mol. The summed E-state index contributed by atoms with van der Waals surface area (Å²) in [5.41, 5.74) is 0.393. The molecule has 1 atom stereocenters. The predicted octanol–water partition coefficient (Wildman–Crippen LogP) is 1.79. The van der Waals surface area contributed by atoms with Crippen LogP contribution in [0, 0.1) is 5.92 Å². The largest absolute Gasteiger partial charge is 0.480 e. The molecule has 0 aliphatic heterocycles. The van der Waals surface area contributed by atoms with Gasteiger partial charge in [-0.1, -0.05) is 32.0 Å². The topological polar surface area (TPSA) is 83.5 Å². The molecule has 0 bridgehead atoms. The zero-order valence-electron chi connectivity index (χ0n) is 11.3. The van der Waals surface area contributed by atoms with Gasteiger partial charge in [0.2, 0.25) is 5.91 Å². The smallest absolute Gasteiger partial charge is 0.316 e. The highest BCUT2D eigenvalue weighted by Crippen LogP contribution is 2.19. The molecule has 0 aliphatic carbocycles. The number of imide groups is 1. The quantitative estimate of drug-likeness (QED) is 0.836. The number of nitrogens with one attached hydrogen (secondary N) is 1. The molecule has 0 aromatic heterocycles. The molecule has 5 nitrogen and oxygen atoms in total. The van der Waals surface area contributed by atoms with E-state index in [9.17, 15) is 14.4 Å². The maximum atomic E-state index is 11.7. The Balaban J connectivity index is 2.48. The van der Waals surface area contributed by atoms with Gasteiger partial charge in [-0.2, -0.15) is 0 Å². The second-order valence-electron chi connectivity index (χ2n) is 4.56. The van der Waals surface area contributed by atoms with Crippen LogP contribution in [0.1, 0.15) is 24.2 Å². The Morgan fingerprint density at radius 1 is 1.20 bits per heavy atom. The molecule has 1 aromatic rings. The first kappa shape index (κ1) is 16.2. The Bertz CT molecular complexity index is 487. The Morgan fingerprint density at radius 3 is 2.30 bits per heavy atom. The van der Waals surface area contributed by atoms with Gasteiger partial charge in [0.25, 0.3) is 5.91 Å². The van der Waals surface area contributed by atoms with Crippen LogP contribution in [0.15, 0.2) is 30.3 Å². The molecule has 20 heavy (non-hydrogen) atoms. The first-order valence-corrected chi connectivity index (χ1v) is 7.20. The second kappa shape index (κ2) is 7.69. The Labute approximate surface area is 121 Å². The van der Waals surface area contributed by atoms with E-state index in [4.69, 9.17) is 5.11 Å². The van der Waals surface area contributed by atoms with Crippen LogP contribution in [0.4, 0.5) is 0 Å². The number of hydrogen-bond donors (Lipinski definition) is 2. The molecule has 0 fully saturated rings. The SMILES string of the molecule is CC(C)C(SCC(=O)NC(=O)c1ccccc1)C(=O)O. The molecular formula is C14H17NO4S. The van der Waals surface area contributed by atoms with E-state index in [0.29, 0.717) is 5.56 Å². The van der Waals surface area contributed by atoms with Crippen molar-refractivity contribution >= 4 is 29.5 Å². The van der Waals surface area contributed by atoms with Gasteiger partial charge in [0.05, 0.1) is 5.75 Å². The van der Waals surface area contributed by atoms with Crippen LogP contribution in [0.3, 0.4) is 0 Å². The van der Waals surface area contributed by atoms with E-state index in [1.54, 1.807) is 44.2 Å². The first-order chi connectivity index (χ1) is 9.41. The second-order valence-corrected chi connectivity index (χ2v) is 5.69. The Hall–Kier alpha value is -1.82. The Kier molecular flexibility index (Phi) is 6.24. The van der Waals surface area contributed by atoms with Crippen molar-refractivity contribution in [3.05, 3.63) is 35.9 Å². The van der Waals surface area contributed by atoms with Gasteiger partial charge >= 0.3 is 5.97 Å². The summed E-state index contributed by atoms with van der Waals surface area (Å²) in [7, 11) is 0. The van der Waals surface area contributed by atoms with Gasteiger partial charge in [-0.25, -0.2) is 0 Å². The third-order valence-electron chi connectivity index (χ3n) is 2.53. The third kappa shape index (κ3) is 5.05. The molecule has 0 spiro atoms. The molecule has 6 heteroatoms. The zero-order chi connectivity index (χ0) is 15.1. The minimum absolute atomic E-state index is 0.0618. The highest BCUT2D eigenvalue weighted by atomic mass is 32.2. The molecule has 0 saturated heterocycles. The molecule has 0 radical (unpaired) electrons. The molecule has 108 valence electrons. The number of thioether (sulfide) groups is 1. The number of carbonyl (C=O) groups excluding carboxylic acids is 2. The van der Waals surface area contributed by atoms with Crippen molar-refractivity contribution in [2.45, 2.75) is 19.1 Å². The monoisotopic (exact) mass is 295 g/mol. The summed E-state index contributed by atoms with van der Waals surface area (Å²) < 4.78 is 0. The molecule has 1 aromatic carbocycles. The van der Waals surface area contributed by atoms with E-state index in [0.717, 1.165) is 11.8 Å². The molecule has 1 unspecified atom stereocenters. The lowest BCUT2D eigenvalue weighted by Gasteiger charge is -2.15. The summed E-state index contributed by atoms with van der Waals surface area (Å²) in [4.78, 5) is 34.3. The fraction of sp³-hybridized carbons (Fsp3) is 0.357. The van der Waals surface area contributed by atoms with E-state index in [-0.39, 0.29) is 11.7 Å². The molecule has 2 amide bonds. The van der Waals surface area contributed by atoms with E-state index < -0.39 is 23.0 Å². The van der Waals surface area contributed by atoms with Crippen LogP contribution >= 0.6 is 11.8 Å². The van der Waals surface area contributed by atoms with Crippen molar-refractivity contribution in [2.75, 3.05) is 5.75 Å². The van der Waals surface area contributed by atoms with Crippen molar-refractivity contribution in [3.8, 4) is 0 Å². The van der Waals surface area contributed by atoms with Crippen molar-refractivity contribution in [3.63, 3.8) is 0 Å². The molecule has 0 aliphatic rings. The maximum absolute atomic E-state index is 11.7. The summed E-state index contributed by atoms with van der Waals surface area (Å²) in [5.74, 6) is -2.07. The summed E-state index contributed by atoms with van der Waals surface area (Å²) in [6, 6.07) is 8.38. The van der Waals surface area contributed by atoms with Crippen LogP contribution in [-0.2, 0) is 9.59 Å². The minimum atomic E-state index is -0.952. The van der Waals surface area contributed by atoms with Crippen molar-refractivity contribution in [2.24, 2.45) is 5.92 Å². The van der Waals surface area contributed by atoms with Gasteiger partial charge in [0.1, 0.15) is 5.25 Å². The van der Waals surface area contributed by atoms with Crippen LogP contribution in [0.5, 0.6) is 0 Å². The number of aliphatic carboxylic acids is 1. The number of benzene rings is 1. The molecule has 0 saturated carbocycles. The number of rotatable bonds is 6. The lowest BCUT2D eigenvalue weighted by molar-refractivity contribution is -0.137. The van der Waals surface area contributed by atoms with E-state index in [2.05, 4.69) is 5.32 Å². The van der Waals surface area contributed by atoms with Crippen molar-refractivity contribution in [1.29, 1.82) is 0 Å². The molecule has 2 N–H and O–H groups in total. The standard InChI is InChI=1S/C14H17NO4S/c1-9(2)12(14(18)19)20-8-11(16)15-13(17)10-6-4-3-5-7-10/h3-7,9,12H,8H2,1-2H3,(H,18,19)(H,15,16,17). The van der Waals surface area contributed by atoms with Gasteiger partial charge < -0.3 is 5.11 Å². The maximum Gasteiger partial charge on any atom is 0.316 e. The summed E-state index contributed by atoms with van der Waals surface area (Å²) in [6.07, 6.45) is 0. The molecular weight excluding hydrogens is 278 g/mol. The number of carboxylic acid groups (broad SMARTS) is 1. The Morgan fingerprint density at radius 2 is 1.80 bits per heavy atom. The highest BCUT2D eigenvalue weighted by molar-refractivity contribution is 8.01. The third-order valence-corrected chi connectivity index (χ3v) is 4.07. The lowest BCUT2D eigenvalue weighted by atomic mass is 10.1. The van der Waals surface area contributed by atoms with Crippen molar-refractivity contribution < 1.29 is 19.5 Å². The van der Waals surface area contributed by atoms with Gasteiger partial charge in [-0.05, 0) is 18.1 Å². The van der Waals surface area contributed by atoms with Crippen LogP contribution in [0.25, 0.3) is 0 Å². The summed E-state index contributed by atoms with van der Waals surface area (Å²) in [6.45, 7) is 3.55. The van der Waals surface area contributed by atoms with Crippen LogP contribution in [0.2, 0.25) is 0 Å². The summed E-state index contributed by atoms with van der Waals surface area (Å²) >= 11 is 1.02. The van der Waals surface area contributed by atoms with Crippen LogP contribution < -0.4 is 5.32 Å². The van der Waals surface area contributed by atoms with Gasteiger partial charge in [0.15, 0.2) is 0 Å². The summed E-state index contributed by atoms with van der Waals surface area (Å²) in [5, 5.41) is 10.6. The van der Waals surface area contributed by atoms with E-state index in [1.807, 2.05) is 0 Å². The van der Waals surface area contributed by atoms with E-state index in [1.165, 1.54) is 0 Å². The zero-order valence-corrected chi connectivity index (χ0v) is 12.1. The fourth-order valence-corrected chi connectivity index (χ4v) is 2.47. The number of carboxylic acids is 1. The molecule has 0 heterocycles. The predicted molar refractivity (Wildman–Crippen MR) is 77.6 cm³/mol. The van der Waals surface area contributed by atoms with Crippen molar-refractivity contribution in [1.82, 2.24) is 5.32 Å². The number of hydrogen-bond acceptors (Lipinski definition) is 4. The van der Waals surface area contributed by atoms with Crippen LogP contribution in [-0.4, -0.2) is 33.9 Å². The average Bonchev–Trinajstić information content (AvgIpc) is 2.39. The number of amides is 2. The lowest BCUT2D eigenvalue weighted by Crippen LogP contribution is -2.33. The van der Waals surface area contributed by atoms with Gasteiger partial charge in [0, 0.05) is 5.56 Å². The van der Waals surface area contributed by atoms with Gasteiger partial charge in [-0.3, -0.25) is 19.7 Å². The van der Waals surface area contributed by atoms with Gasteiger partial charge in [-0.15, -0.1) is 11.8 Å². The van der Waals surface area contributed by atoms with E-state index >= 15 is 0 Å². The highest BCUT2D eigenvalue weighted by Gasteiger charge is 2.23. The first-order valence-electron chi connectivity index (χ1n) is 6.15. The normalized spacial score (nSPS) is 11.9. The number of carbonyl (C=O) groups is 3. The fourth-order valence-electron chi connectivity index (χ4n) is 1.54.